The quantitative estimate of drug-likeness (QED) is 0.613. The fourth-order valence-electron chi connectivity index (χ4n) is 3.64. The van der Waals surface area contributed by atoms with Crippen LogP contribution in [0, 0.1) is 6.92 Å². The van der Waals surface area contributed by atoms with E-state index in [1.165, 1.54) is 5.56 Å². The van der Waals surface area contributed by atoms with Crippen molar-refractivity contribution in [2.24, 2.45) is 0 Å². The number of aryl methyl sites for hydroxylation is 3. The molecule has 2 rings (SSSR count). The van der Waals surface area contributed by atoms with E-state index in [2.05, 4.69) is 42.6 Å². The maximum atomic E-state index is 13.3. The molecule has 2 aromatic carbocycles. The maximum Gasteiger partial charge on any atom is 0.243 e. The minimum atomic E-state index is -0.470. The summed E-state index contributed by atoms with van der Waals surface area (Å²) < 4.78 is 0. The molecule has 0 aromatic heterocycles. The van der Waals surface area contributed by atoms with Gasteiger partial charge in [0, 0.05) is 19.0 Å². The molecule has 1 N–H and O–H groups in total. The van der Waals surface area contributed by atoms with Crippen LogP contribution in [-0.2, 0) is 29.0 Å². The predicted octanol–water partition coefficient (Wildman–Crippen LogP) is 4.82. The van der Waals surface area contributed by atoms with Crippen molar-refractivity contribution in [3.63, 3.8) is 0 Å². The zero-order chi connectivity index (χ0) is 22.1. The highest BCUT2D eigenvalue weighted by Gasteiger charge is 2.28. The summed E-state index contributed by atoms with van der Waals surface area (Å²) in [6.07, 6.45) is 2.66. The van der Waals surface area contributed by atoms with Gasteiger partial charge in [0.25, 0.3) is 0 Å². The summed E-state index contributed by atoms with van der Waals surface area (Å²) in [5.74, 6) is -0.0670. The predicted molar refractivity (Wildman–Crippen MR) is 123 cm³/mol. The van der Waals surface area contributed by atoms with E-state index in [4.69, 9.17) is 0 Å². The number of amides is 2. The maximum absolute atomic E-state index is 13.3. The van der Waals surface area contributed by atoms with Gasteiger partial charge in [-0.25, -0.2) is 0 Å². The Labute approximate surface area is 181 Å². The number of nitrogens with one attached hydrogen (secondary N) is 1. The van der Waals surface area contributed by atoms with Crippen molar-refractivity contribution >= 4 is 11.8 Å². The smallest absolute Gasteiger partial charge is 0.243 e. The summed E-state index contributed by atoms with van der Waals surface area (Å²) in [6, 6.07) is 16.1. The van der Waals surface area contributed by atoms with Gasteiger partial charge < -0.3 is 10.2 Å². The van der Waals surface area contributed by atoms with Crippen molar-refractivity contribution in [3.05, 3.63) is 70.8 Å². The molecule has 4 heteroatoms. The fraction of sp³-hybridized carbons (Fsp3) is 0.462. The van der Waals surface area contributed by atoms with Gasteiger partial charge in [-0.1, -0.05) is 67.9 Å². The third-order valence-electron chi connectivity index (χ3n) is 5.31. The summed E-state index contributed by atoms with van der Waals surface area (Å²) in [5.41, 5.74) is 4.64. The molecule has 0 saturated carbocycles. The third kappa shape index (κ3) is 7.01. The van der Waals surface area contributed by atoms with Gasteiger partial charge in [0.2, 0.25) is 11.8 Å². The van der Waals surface area contributed by atoms with E-state index in [0.717, 1.165) is 23.1 Å². The molecule has 0 aliphatic rings. The van der Waals surface area contributed by atoms with Crippen LogP contribution in [0.25, 0.3) is 0 Å². The lowest BCUT2D eigenvalue weighted by Crippen LogP contribution is -2.50. The van der Waals surface area contributed by atoms with Crippen LogP contribution in [0.4, 0.5) is 0 Å². The van der Waals surface area contributed by atoms with Gasteiger partial charge >= 0.3 is 0 Å². The van der Waals surface area contributed by atoms with Gasteiger partial charge in [-0.05, 0) is 56.7 Å². The number of carbonyl (C=O) groups is 2. The molecule has 0 radical (unpaired) electrons. The van der Waals surface area contributed by atoms with Crippen molar-refractivity contribution in [1.82, 2.24) is 10.2 Å². The van der Waals surface area contributed by atoms with E-state index in [1.807, 2.05) is 45.9 Å². The van der Waals surface area contributed by atoms with Gasteiger partial charge in [-0.3, -0.25) is 9.59 Å². The molecule has 0 saturated heterocycles. The van der Waals surface area contributed by atoms with Gasteiger partial charge in [0.1, 0.15) is 6.04 Å². The summed E-state index contributed by atoms with van der Waals surface area (Å²) >= 11 is 0. The molecule has 162 valence electrons. The first-order valence-electron chi connectivity index (χ1n) is 11.1. The van der Waals surface area contributed by atoms with Gasteiger partial charge in [-0.2, -0.15) is 0 Å². The molecule has 1 atom stereocenters. The van der Waals surface area contributed by atoms with Crippen LogP contribution in [0.15, 0.2) is 48.5 Å². The second-order valence-electron chi connectivity index (χ2n) is 8.27. The van der Waals surface area contributed by atoms with E-state index in [-0.39, 0.29) is 17.9 Å². The Balaban J connectivity index is 2.18. The van der Waals surface area contributed by atoms with Crippen molar-refractivity contribution in [1.29, 1.82) is 0 Å². The lowest BCUT2D eigenvalue weighted by Gasteiger charge is -2.31. The van der Waals surface area contributed by atoms with E-state index >= 15 is 0 Å². The van der Waals surface area contributed by atoms with Gasteiger partial charge in [-0.15, -0.1) is 0 Å². The molecule has 0 heterocycles. The molecule has 0 aliphatic heterocycles. The normalized spacial score (nSPS) is 11.9. The van der Waals surface area contributed by atoms with Crippen LogP contribution >= 0.6 is 0 Å². The largest absolute Gasteiger partial charge is 0.352 e. The molecule has 0 fully saturated rings. The fourth-order valence-corrected chi connectivity index (χ4v) is 3.64. The number of hydrogen-bond donors (Lipinski definition) is 1. The van der Waals surface area contributed by atoms with Crippen LogP contribution in [0.3, 0.4) is 0 Å². The highest BCUT2D eigenvalue weighted by atomic mass is 16.2. The zero-order valence-corrected chi connectivity index (χ0v) is 19.1. The Morgan fingerprint density at radius 1 is 0.967 bits per heavy atom. The molecular weight excluding hydrogens is 372 g/mol. The molecule has 0 aliphatic carbocycles. The number of carbonyl (C=O) groups excluding carboxylic acids is 2. The van der Waals surface area contributed by atoms with Crippen molar-refractivity contribution in [2.75, 3.05) is 0 Å². The zero-order valence-electron chi connectivity index (χ0n) is 19.1. The van der Waals surface area contributed by atoms with Crippen molar-refractivity contribution in [2.45, 2.75) is 78.9 Å². The van der Waals surface area contributed by atoms with Gasteiger partial charge in [0.15, 0.2) is 0 Å². The lowest BCUT2D eigenvalue weighted by molar-refractivity contribution is -0.141. The Hall–Kier alpha value is -2.62. The van der Waals surface area contributed by atoms with E-state index in [9.17, 15) is 9.59 Å². The van der Waals surface area contributed by atoms with E-state index < -0.39 is 6.04 Å². The highest BCUT2D eigenvalue weighted by molar-refractivity contribution is 5.87. The second kappa shape index (κ2) is 11.5. The molecule has 2 amide bonds. The first kappa shape index (κ1) is 23.7. The topological polar surface area (TPSA) is 49.4 Å². The molecule has 4 nitrogen and oxygen atoms in total. The summed E-state index contributed by atoms with van der Waals surface area (Å²) in [7, 11) is 0. The molecular formula is C26H36N2O2. The highest BCUT2D eigenvalue weighted by Crippen LogP contribution is 2.16. The second-order valence-corrected chi connectivity index (χ2v) is 8.27. The van der Waals surface area contributed by atoms with Gasteiger partial charge in [0.05, 0.1) is 0 Å². The first-order chi connectivity index (χ1) is 14.3. The molecule has 0 bridgehead atoms. The SMILES string of the molecule is CCc1ccc(CCC(=O)N(Cc2cccc(C)c2)[C@H](CC)C(=O)NC(C)C)cc1. The Morgan fingerprint density at radius 2 is 1.63 bits per heavy atom. The summed E-state index contributed by atoms with van der Waals surface area (Å²) in [5, 5.41) is 2.98. The standard InChI is InChI=1S/C26H36N2O2/c1-6-21-11-13-22(14-12-21)15-16-25(29)28(18-23-10-8-9-20(5)17-23)24(7-2)26(30)27-19(3)4/h8-14,17,19,24H,6-7,15-16,18H2,1-5H3,(H,27,30)/t24-/m1/s1. The average Bonchev–Trinajstić information content (AvgIpc) is 2.71. The van der Waals surface area contributed by atoms with Crippen LogP contribution in [0.1, 0.15) is 62.8 Å². The van der Waals surface area contributed by atoms with Crippen LogP contribution in [0.5, 0.6) is 0 Å². The lowest BCUT2D eigenvalue weighted by atomic mass is 10.0. The van der Waals surface area contributed by atoms with Crippen LogP contribution in [-0.4, -0.2) is 28.8 Å². The minimum Gasteiger partial charge on any atom is -0.352 e. The Kier molecular flexibility index (Phi) is 9.10. The first-order valence-corrected chi connectivity index (χ1v) is 11.1. The van der Waals surface area contributed by atoms with Crippen LogP contribution in [0.2, 0.25) is 0 Å². The van der Waals surface area contributed by atoms with E-state index in [0.29, 0.717) is 25.8 Å². The Bertz CT molecular complexity index is 827. The van der Waals surface area contributed by atoms with Crippen molar-refractivity contribution < 1.29 is 9.59 Å². The molecule has 30 heavy (non-hydrogen) atoms. The third-order valence-corrected chi connectivity index (χ3v) is 5.31. The summed E-state index contributed by atoms with van der Waals surface area (Å²) in [4.78, 5) is 27.8. The number of hydrogen-bond acceptors (Lipinski definition) is 2. The number of nitrogens with zero attached hydrogens (tertiary/aromatic N) is 1. The van der Waals surface area contributed by atoms with E-state index in [1.54, 1.807) is 4.90 Å². The van der Waals surface area contributed by atoms with Crippen LogP contribution < -0.4 is 5.32 Å². The monoisotopic (exact) mass is 408 g/mol. The number of rotatable bonds is 10. The molecule has 0 spiro atoms. The minimum absolute atomic E-state index is 0.0156. The molecule has 2 aromatic rings. The molecule has 0 unspecified atom stereocenters. The Morgan fingerprint density at radius 3 is 2.20 bits per heavy atom. The summed E-state index contributed by atoms with van der Waals surface area (Å²) in [6.45, 7) is 10.5. The van der Waals surface area contributed by atoms with Crippen molar-refractivity contribution in [3.8, 4) is 0 Å². The average molecular weight is 409 g/mol. The number of benzene rings is 2.